The number of hydrogen-bond acceptors (Lipinski definition) is 2. The van der Waals surface area contributed by atoms with Crippen LogP contribution in [0, 0.1) is 0 Å². The Hall–Kier alpha value is -1.55. The van der Waals surface area contributed by atoms with Gasteiger partial charge in [-0.2, -0.15) is 5.10 Å². The van der Waals surface area contributed by atoms with Crippen LogP contribution in [0.1, 0.15) is 11.4 Å². The second-order valence-corrected chi connectivity index (χ2v) is 3.36. The van der Waals surface area contributed by atoms with Gasteiger partial charge < -0.3 is 0 Å². The third-order valence-corrected chi connectivity index (χ3v) is 2.09. The van der Waals surface area contributed by atoms with Crippen LogP contribution in [-0.2, 0) is 6.42 Å². The Balaban J connectivity index is 2.19. The first kappa shape index (κ1) is 9.02. The lowest BCUT2D eigenvalue weighted by molar-refractivity contribution is 0.970. The van der Waals surface area contributed by atoms with E-state index in [0.29, 0.717) is 17.3 Å². The molecule has 0 spiro atoms. The van der Waals surface area contributed by atoms with Crippen molar-refractivity contribution in [3.63, 3.8) is 0 Å². The van der Waals surface area contributed by atoms with Crippen molar-refractivity contribution in [2.75, 3.05) is 0 Å². The number of rotatable bonds is 2. The van der Waals surface area contributed by atoms with Gasteiger partial charge in [0.05, 0.1) is 0 Å². The summed E-state index contributed by atoms with van der Waals surface area (Å²) < 4.78 is 0. The summed E-state index contributed by atoms with van der Waals surface area (Å²) >= 11 is 5.74. The van der Waals surface area contributed by atoms with Crippen molar-refractivity contribution in [1.82, 2.24) is 15.2 Å². The number of aromatic nitrogens is 3. The Morgan fingerprint density at radius 2 is 2.00 bits per heavy atom. The highest BCUT2D eigenvalue weighted by Gasteiger charge is 1.99. The van der Waals surface area contributed by atoms with Crippen LogP contribution >= 0.6 is 11.6 Å². The van der Waals surface area contributed by atoms with E-state index < -0.39 is 0 Å². The van der Waals surface area contributed by atoms with E-state index in [-0.39, 0.29) is 5.69 Å². The van der Waals surface area contributed by atoms with Crippen LogP contribution in [-0.4, -0.2) is 15.2 Å². The minimum absolute atomic E-state index is 0.283. The van der Waals surface area contributed by atoms with Crippen molar-refractivity contribution in [2.45, 2.75) is 6.42 Å². The van der Waals surface area contributed by atoms with Gasteiger partial charge in [-0.1, -0.05) is 23.7 Å². The Morgan fingerprint density at radius 3 is 2.57 bits per heavy atom. The minimum atomic E-state index is -0.283. The van der Waals surface area contributed by atoms with Crippen LogP contribution in [0.4, 0.5) is 0 Å². The van der Waals surface area contributed by atoms with Gasteiger partial charge in [-0.05, 0) is 17.7 Å². The maximum absolute atomic E-state index is 10.7. The predicted octanol–water partition coefficient (Wildman–Crippen LogP) is 1.34. The minimum Gasteiger partial charge on any atom is -0.293 e. The van der Waals surface area contributed by atoms with Crippen LogP contribution < -0.4 is 5.69 Å². The molecule has 14 heavy (non-hydrogen) atoms. The molecule has 0 saturated heterocycles. The quantitative estimate of drug-likeness (QED) is 0.784. The lowest BCUT2D eigenvalue weighted by Crippen LogP contribution is -2.01. The van der Waals surface area contributed by atoms with E-state index in [9.17, 15) is 4.79 Å². The average Bonchev–Trinajstić information content (AvgIpc) is 2.56. The number of aromatic amines is 2. The largest absolute Gasteiger partial charge is 0.340 e. The van der Waals surface area contributed by atoms with E-state index in [1.165, 1.54) is 0 Å². The van der Waals surface area contributed by atoms with Crippen LogP contribution in [0.15, 0.2) is 29.1 Å². The normalized spacial score (nSPS) is 10.4. The maximum Gasteiger partial charge on any atom is 0.340 e. The molecule has 0 fully saturated rings. The predicted molar refractivity (Wildman–Crippen MR) is 53.5 cm³/mol. The summed E-state index contributed by atoms with van der Waals surface area (Å²) in [5.74, 6) is 0.623. The molecular weight excluding hydrogens is 202 g/mol. The van der Waals surface area contributed by atoms with Gasteiger partial charge in [0.25, 0.3) is 0 Å². The van der Waals surface area contributed by atoms with Crippen molar-refractivity contribution in [2.24, 2.45) is 0 Å². The number of halogens is 1. The van der Waals surface area contributed by atoms with Gasteiger partial charge in [0.2, 0.25) is 0 Å². The van der Waals surface area contributed by atoms with Crippen molar-refractivity contribution in [3.8, 4) is 0 Å². The zero-order chi connectivity index (χ0) is 9.97. The van der Waals surface area contributed by atoms with Gasteiger partial charge in [0.1, 0.15) is 5.82 Å². The highest BCUT2D eigenvalue weighted by Crippen LogP contribution is 2.10. The van der Waals surface area contributed by atoms with Gasteiger partial charge in [0, 0.05) is 11.4 Å². The number of H-pyrrole nitrogens is 2. The van der Waals surface area contributed by atoms with Gasteiger partial charge in [-0.25, -0.2) is 9.89 Å². The summed E-state index contributed by atoms with van der Waals surface area (Å²) in [4.78, 5) is 13.3. The Bertz CT molecular complexity index is 471. The topological polar surface area (TPSA) is 61.5 Å². The molecule has 0 bridgehead atoms. The zero-order valence-corrected chi connectivity index (χ0v) is 8.01. The van der Waals surface area contributed by atoms with Crippen LogP contribution in [0.3, 0.4) is 0 Å². The third-order valence-electron chi connectivity index (χ3n) is 1.84. The van der Waals surface area contributed by atoms with E-state index in [1.807, 2.05) is 24.3 Å². The van der Waals surface area contributed by atoms with Crippen molar-refractivity contribution in [1.29, 1.82) is 0 Å². The number of nitrogens with one attached hydrogen (secondary N) is 2. The lowest BCUT2D eigenvalue weighted by atomic mass is 10.1. The van der Waals surface area contributed by atoms with Crippen molar-refractivity contribution < 1.29 is 0 Å². The molecule has 0 saturated carbocycles. The molecule has 4 nitrogen and oxygen atoms in total. The molecule has 1 aromatic carbocycles. The van der Waals surface area contributed by atoms with E-state index in [4.69, 9.17) is 11.6 Å². The SMILES string of the molecule is O=c1[nH]nc(Cc2ccc(Cl)cc2)[nH]1. The standard InChI is InChI=1S/C9H8ClN3O/c10-7-3-1-6(2-4-7)5-8-11-9(14)13-12-8/h1-4H,5H2,(H2,11,12,13,14). The second-order valence-electron chi connectivity index (χ2n) is 2.93. The van der Waals surface area contributed by atoms with E-state index in [1.54, 1.807) is 0 Å². The monoisotopic (exact) mass is 209 g/mol. The fraction of sp³-hybridized carbons (Fsp3) is 0.111. The number of hydrogen-bond donors (Lipinski definition) is 2. The molecule has 0 amide bonds. The molecule has 1 aromatic heterocycles. The summed E-state index contributed by atoms with van der Waals surface area (Å²) in [6.07, 6.45) is 0.593. The molecule has 5 heteroatoms. The Labute approximate surface area is 84.9 Å². The molecule has 1 heterocycles. The molecule has 2 N–H and O–H groups in total. The maximum atomic E-state index is 10.7. The molecule has 0 unspecified atom stereocenters. The summed E-state index contributed by atoms with van der Waals surface area (Å²) in [5.41, 5.74) is 0.770. The molecule has 0 atom stereocenters. The lowest BCUT2D eigenvalue weighted by Gasteiger charge is -1.96. The molecule has 0 aliphatic rings. The molecule has 0 aliphatic heterocycles. The van der Waals surface area contributed by atoms with E-state index in [0.717, 1.165) is 5.56 Å². The fourth-order valence-corrected chi connectivity index (χ4v) is 1.31. The summed E-state index contributed by atoms with van der Waals surface area (Å²) in [6, 6.07) is 7.41. The molecule has 2 rings (SSSR count). The third kappa shape index (κ3) is 2.03. The van der Waals surface area contributed by atoms with Crippen molar-refractivity contribution >= 4 is 11.6 Å². The highest BCUT2D eigenvalue weighted by atomic mass is 35.5. The first-order valence-corrected chi connectivity index (χ1v) is 4.50. The first-order chi connectivity index (χ1) is 6.74. The van der Waals surface area contributed by atoms with Crippen molar-refractivity contribution in [3.05, 3.63) is 51.2 Å². The van der Waals surface area contributed by atoms with E-state index >= 15 is 0 Å². The van der Waals surface area contributed by atoms with Crippen LogP contribution in [0.5, 0.6) is 0 Å². The zero-order valence-electron chi connectivity index (χ0n) is 7.25. The number of nitrogens with zero attached hydrogens (tertiary/aromatic N) is 1. The summed E-state index contributed by atoms with van der Waals surface area (Å²) in [6.45, 7) is 0. The first-order valence-electron chi connectivity index (χ1n) is 4.12. The summed E-state index contributed by atoms with van der Waals surface area (Å²) in [5, 5.41) is 6.82. The number of benzene rings is 1. The van der Waals surface area contributed by atoms with Crippen LogP contribution in [0.2, 0.25) is 5.02 Å². The highest BCUT2D eigenvalue weighted by molar-refractivity contribution is 6.30. The second kappa shape index (κ2) is 3.67. The van der Waals surface area contributed by atoms with Gasteiger partial charge in [0.15, 0.2) is 0 Å². The van der Waals surface area contributed by atoms with Gasteiger partial charge >= 0.3 is 5.69 Å². The van der Waals surface area contributed by atoms with Gasteiger partial charge in [-0.3, -0.25) is 4.98 Å². The van der Waals surface area contributed by atoms with E-state index in [2.05, 4.69) is 15.2 Å². The summed E-state index contributed by atoms with van der Waals surface area (Å²) in [7, 11) is 0. The molecule has 0 aliphatic carbocycles. The fourth-order valence-electron chi connectivity index (χ4n) is 1.18. The smallest absolute Gasteiger partial charge is 0.293 e. The Morgan fingerprint density at radius 1 is 1.29 bits per heavy atom. The molecule has 2 aromatic rings. The molecular formula is C9H8ClN3O. The molecule has 72 valence electrons. The Kier molecular flexibility index (Phi) is 2.37. The van der Waals surface area contributed by atoms with Crippen LogP contribution in [0.25, 0.3) is 0 Å². The average molecular weight is 210 g/mol. The molecule has 0 radical (unpaired) electrons. The van der Waals surface area contributed by atoms with Gasteiger partial charge in [-0.15, -0.1) is 0 Å².